The van der Waals surface area contributed by atoms with Crippen molar-refractivity contribution in [1.29, 1.82) is 0 Å². The molecule has 1 fully saturated rings. The van der Waals surface area contributed by atoms with E-state index in [1.165, 1.54) is 23.3 Å². The van der Waals surface area contributed by atoms with Crippen molar-refractivity contribution in [2.75, 3.05) is 45.9 Å². The summed E-state index contributed by atoms with van der Waals surface area (Å²) in [7, 11) is 0. The van der Waals surface area contributed by atoms with Crippen LogP contribution in [0.3, 0.4) is 0 Å². The lowest BCUT2D eigenvalue weighted by molar-refractivity contribution is -0.139. The van der Waals surface area contributed by atoms with Gasteiger partial charge in [-0.15, -0.1) is 6.54 Å². The van der Waals surface area contributed by atoms with Crippen LogP contribution >= 0.6 is 11.6 Å². The number of nitrogens with zero attached hydrogens (tertiary/aromatic N) is 3. The molecule has 212 valence electrons. The number of benzene rings is 3. The molecule has 1 saturated heterocycles. The Morgan fingerprint density at radius 1 is 0.950 bits per heavy atom. The van der Waals surface area contributed by atoms with Crippen LogP contribution in [0.15, 0.2) is 72.8 Å². The van der Waals surface area contributed by atoms with E-state index in [0.717, 1.165) is 32.2 Å². The Morgan fingerprint density at radius 3 is 2.33 bits per heavy atom. The van der Waals surface area contributed by atoms with E-state index in [4.69, 9.17) is 22.2 Å². The Balaban J connectivity index is 1.34. The van der Waals surface area contributed by atoms with Crippen LogP contribution in [0.5, 0.6) is 5.75 Å². The van der Waals surface area contributed by atoms with Gasteiger partial charge in [-0.2, -0.15) is 13.2 Å². The average molecular weight is 572 g/mol. The number of piperazine rings is 1. The largest absolute Gasteiger partial charge is 0.513 e. The van der Waals surface area contributed by atoms with E-state index in [1.807, 2.05) is 30.3 Å². The fourth-order valence-electron chi connectivity index (χ4n) is 4.70. The van der Waals surface area contributed by atoms with Crippen molar-refractivity contribution in [1.82, 2.24) is 9.80 Å². The molecular weight excluding hydrogens is 541 g/mol. The second kappa shape index (κ2) is 14.5. The number of alkyl halides is 3. The van der Waals surface area contributed by atoms with E-state index < -0.39 is 11.7 Å². The van der Waals surface area contributed by atoms with Crippen molar-refractivity contribution in [2.45, 2.75) is 18.6 Å². The van der Waals surface area contributed by atoms with Gasteiger partial charge in [0.25, 0.3) is 0 Å². The Bertz CT molecular complexity index is 1270. The zero-order valence-corrected chi connectivity index (χ0v) is 22.7. The highest BCUT2D eigenvalue weighted by Crippen LogP contribution is 2.37. The summed E-state index contributed by atoms with van der Waals surface area (Å²) in [6.07, 6.45) is -4.24. The summed E-state index contributed by atoms with van der Waals surface area (Å²) in [5.41, 5.74) is 5.23. The minimum atomic E-state index is -4.56. The Hall–Kier alpha value is -3.10. The highest BCUT2D eigenvalue weighted by molar-refractivity contribution is 6.30. The first kappa shape index (κ1) is 29.9. The van der Waals surface area contributed by atoms with Crippen molar-refractivity contribution in [3.8, 4) is 17.6 Å². The number of hydrogen-bond donors (Lipinski definition) is 1. The predicted octanol–water partition coefficient (Wildman–Crippen LogP) is 6.07. The van der Waals surface area contributed by atoms with Gasteiger partial charge in [-0.3, -0.25) is 9.80 Å². The summed E-state index contributed by atoms with van der Waals surface area (Å²) >= 11 is 6.13. The molecule has 3 aromatic rings. The average Bonchev–Trinajstić information content (AvgIpc) is 2.95. The van der Waals surface area contributed by atoms with E-state index in [1.54, 1.807) is 0 Å². The van der Waals surface area contributed by atoms with E-state index in [-0.39, 0.29) is 30.5 Å². The van der Waals surface area contributed by atoms with E-state index >= 15 is 0 Å². The van der Waals surface area contributed by atoms with Gasteiger partial charge in [-0.25, -0.2) is 5.90 Å². The maximum Gasteiger partial charge on any atom is 0.420 e. The Kier molecular flexibility index (Phi) is 10.8. The zero-order chi connectivity index (χ0) is 28.4. The molecule has 6 nitrogen and oxygen atoms in total. The first-order valence-electron chi connectivity index (χ1n) is 13.0. The molecule has 0 unspecified atom stereocenters. The van der Waals surface area contributed by atoms with Crippen molar-refractivity contribution in [3.05, 3.63) is 106 Å². The third kappa shape index (κ3) is 8.45. The summed E-state index contributed by atoms with van der Waals surface area (Å²) in [5, 5.41) is 0.696. The van der Waals surface area contributed by atoms with Crippen LogP contribution in [-0.4, -0.2) is 55.7 Å². The second-order valence-electron chi connectivity index (χ2n) is 9.31. The molecule has 1 aliphatic heterocycles. The van der Waals surface area contributed by atoms with Crippen LogP contribution in [0.1, 0.15) is 34.7 Å². The molecule has 2 N–H and O–H groups in total. The van der Waals surface area contributed by atoms with Crippen molar-refractivity contribution in [3.63, 3.8) is 0 Å². The van der Waals surface area contributed by atoms with Crippen LogP contribution in [0.25, 0.3) is 5.48 Å². The molecule has 3 aromatic carbocycles. The van der Waals surface area contributed by atoms with Gasteiger partial charge in [0.1, 0.15) is 12.4 Å². The molecule has 0 radical (unpaired) electrons. The van der Waals surface area contributed by atoms with Crippen LogP contribution < -0.4 is 10.6 Å². The number of nitrogens with two attached hydrogens (primary N) is 1. The molecule has 0 aromatic heterocycles. The fourth-order valence-corrected chi connectivity index (χ4v) is 4.82. The van der Waals surface area contributed by atoms with Gasteiger partial charge in [-0.05, 0) is 47.9 Å². The predicted molar refractivity (Wildman–Crippen MR) is 150 cm³/mol. The highest BCUT2D eigenvalue weighted by Gasteiger charge is 2.35. The molecular formula is C30H31ClF3N4O2-. The molecule has 1 atom stereocenters. The summed E-state index contributed by atoms with van der Waals surface area (Å²) in [5.74, 6) is 10.1. The van der Waals surface area contributed by atoms with Crippen molar-refractivity contribution in [2.24, 2.45) is 5.90 Å². The van der Waals surface area contributed by atoms with Gasteiger partial charge >= 0.3 is 6.18 Å². The number of halogens is 4. The summed E-state index contributed by atoms with van der Waals surface area (Å²) in [6.45, 7) is 4.09. The summed E-state index contributed by atoms with van der Waals surface area (Å²) in [4.78, 5) is 8.73. The minimum Gasteiger partial charge on any atom is -0.513 e. The number of hydroxylamine groups is 1. The molecule has 0 spiro atoms. The SMILES string of the molecule is NO[N-]CCC#Cc1ccc(OCCN2CCN([C@H](c3ccccc3)c3ccc(Cl)cc3)CC2)c(C(F)(F)F)c1. The maximum atomic E-state index is 13.7. The molecule has 1 heterocycles. The van der Waals surface area contributed by atoms with Gasteiger partial charge in [0.2, 0.25) is 0 Å². The molecule has 0 bridgehead atoms. The van der Waals surface area contributed by atoms with E-state index in [9.17, 15) is 13.2 Å². The van der Waals surface area contributed by atoms with Crippen LogP contribution in [0.2, 0.25) is 5.02 Å². The quantitative estimate of drug-likeness (QED) is 0.182. The smallest absolute Gasteiger partial charge is 0.420 e. The molecule has 0 aliphatic carbocycles. The molecule has 40 heavy (non-hydrogen) atoms. The summed E-state index contributed by atoms with van der Waals surface area (Å²) in [6, 6.07) is 22.2. The number of hydrogen-bond acceptors (Lipinski definition) is 5. The number of rotatable bonds is 10. The Labute approximate surface area is 237 Å². The third-order valence-electron chi connectivity index (χ3n) is 6.66. The van der Waals surface area contributed by atoms with Gasteiger partial charge in [0.15, 0.2) is 0 Å². The van der Waals surface area contributed by atoms with Crippen LogP contribution in [0, 0.1) is 11.8 Å². The van der Waals surface area contributed by atoms with Gasteiger partial charge < -0.3 is 15.2 Å². The second-order valence-corrected chi connectivity index (χ2v) is 9.75. The van der Waals surface area contributed by atoms with Crippen molar-refractivity contribution < 1.29 is 22.8 Å². The van der Waals surface area contributed by atoms with Gasteiger partial charge in [0, 0.05) is 43.3 Å². The molecule has 4 rings (SSSR count). The van der Waals surface area contributed by atoms with E-state index in [2.05, 4.69) is 56.3 Å². The van der Waals surface area contributed by atoms with E-state index in [0.29, 0.717) is 18.0 Å². The minimum absolute atomic E-state index is 0.0937. The van der Waals surface area contributed by atoms with Gasteiger partial charge in [0.05, 0.1) is 11.6 Å². The molecule has 0 amide bonds. The lowest BCUT2D eigenvalue weighted by Crippen LogP contribution is -2.48. The monoisotopic (exact) mass is 571 g/mol. The number of ether oxygens (including phenoxy) is 1. The Morgan fingerprint density at radius 2 is 1.65 bits per heavy atom. The van der Waals surface area contributed by atoms with Gasteiger partial charge in [-0.1, -0.05) is 65.9 Å². The van der Waals surface area contributed by atoms with Crippen LogP contribution in [-0.2, 0) is 11.1 Å². The summed E-state index contributed by atoms with van der Waals surface area (Å²) < 4.78 is 46.8. The highest BCUT2D eigenvalue weighted by atomic mass is 35.5. The molecule has 10 heteroatoms. The topological polar surface area (TPSA) is 65.1 Å². The standard InChI is InChI=1S/C30H31ClF3N4O2/c31-26-12-10-25(11-13-26)29(24-7-2-1-3-8-24)38-18-16-37(17-19-38)20-21-39-28-14-9-23(6-4-5-15-36-40-35)22-27(28)30(32,33)34/h1-3,7-14,22,29H,5,15-21,35H2/q-1/t29-/m1/s1. The van der Waals surface area contributed by atoms with Crippen LogP contribution in [0.4, 0.5) is 13.2 Å². The third-order valence-corrected chi connectivity index (χ3v) is 6.91. The normalized spacial score (nSPS) is 15.3. The lowest BCUT2D eigenvalue weighted by atomic mass is 9.96. The van der Waals surface area contributed by atoms with Crippen molar-refractivity contribution >= 4 is 11.6 Å². The first-order chi connectivity index (χ1) is 19.3. The molecule has 1 aliphatic rings. The first-order valence-corrected chi connectivity index (χ1v) is 13.4. The fraction of sp³-hybridized carbons (Fsp3) is 0.333. The lowest BCUT2D eigenvalue weighted by Gasteiger charge is -2.39. The molecule has 0 saturated carbocycles. The zero-order valence-electron chi connectivity index (χ0n) is 21.9. The maximum absolute atomic E-state index is 13.7.